The third-order valence-electron chi connectivity index (χ3n) is 6.40. The van der Waals surface area contributed by atoms with Crippen molar-refractivity contribution in [2.24, 2.45) is 5.92 Å². The lowest BCUT2D eigenvalue weighted by Gasteiger charge is -2.21. The summed E-state index contributed by atoms with van der Waals surface area (Å²) in [4.78, 5) is 20.3. The normalized spacial score (nSPS) is 20.3. The highest BCUT2D eigenvalue weighted by atomic mass is 35.5. The first-order valence-corrected chi connectivity index (χ1v) is 10.5. The molecule has 2 aliphatic rings. The lowest BCUT2D eigenvalue weighted by Crippen LogP contribution is -2.28. The number of halogens is 1. The Kier molecular flexibility index (Phi) is 5.16. The van der Waals surface area contributed by atoms with Crippen LogP contribution in [0.5, 0.6) is 0 Å². The van der Waals surface area contributed by atoms with Gasteiger partial charge in [-0.2, -0.15) is 5.10 Å². The van der Waals surface area contributed by atoms with E-state index in [1.807, 2.05) is 47.1 Å². The van der Waals surface area contributed by atoms with Gasteiger partial charge in [-0.3, -0.25) is 4.79 Å². The zero-order valence-electron chi connectivity index (χ0n) is 17.1. The van der Waals surface area contributed by atoms with Crippen LogP contribution in [0.1, 0.15) is 12.1 Å². The molecule has 0 aliphatic carbocycles. The van der Waals surface area contributed by atoms with Crippen molar-refractivity contribution in [1.29, 1.82) is 0 Å². The van der Waals surface area contributed by atoms with Crippen LogP contribution in [-0.4, -0.2) is 45.0 Å². The maximum absolute atomic E-state index is 13.4. The van der Waals surface area contributed by atoms with Gasteiger partial charge in [-0.05, 0) is 24.6 Å². The number of rotatable bonds is 4. The van der Waals surface area contributed by atoms with Crippen LogP contribution in [0, 0.1) is 5.92 Å². The maximum Gasteiger partial charge on any atom is 0.276 e. The summed E-state index contributed by atoms with van der Waals surface area (Å²) in [6.07, 6.45) is 7.85. The monoisotopic (exact) mass is 437 g/mol. The van der Waals surface area contributed by atoms with E-state index in [-0.39, 0.29) is 18.0 Å². The Bertz CT molecular complexity index is 1260. The predicted molar refractivity (Wildman–Crippen MR) is 122 cm³/mol. The molecule has 2 unspecified atom stereocenters. The molecule has 0 amide bonds. The SMILES string of the molecule is Cl.O=c1c2c(N3CC4CCOC4C3)cccc2cnn1CCc1cn2ccccc2n1. The van der Waals surface area contributed by atoms with Gasteiger partial charge < -0.3 is 14.0 Å². The van der Waals surface area contributed by atoms with Gasteiger partial charge in [-0.1, -0.05) is 18.2 Å². The molecule has 160 valence electrons. The van der Waals surface area contributed by atoms with Gasteiger partial charge in [-0.15, -0.1) is 12.4 Å². The lowest BCUT2D eigenvalue weighted by atomic mass is 10.1. The number of aryl methyl sites for hydroxylation is 2. The Morgan fingerprint density at radius 3 is 2.94 bits per heavy atom. The molecule has 2 atom stereocenters. The van der Waals surface area contributed by atoms with E-state index in [4.69, 9.17) is 4.74 Å². The summed E-state index contributed by atoms with van der Waals surface area (Å²) in [5, 5.41) is 6.07. The van der Waals surface area contributed by atoms with E-state index < -0.39 is 0 Å². The Morgan fingerprint density at radius 1 is 1.13 bits per heavy atom. The summed E-state index contributed by atoms with van der Waals surface area (Å²) < 4.78 is 9.43. The molecule has 0 radical (unpaired) electrons. The minimum Gasteiger partial charge on any atom is -0.376 e. The van der Waals surface area contributed by atoms with Gasteiger partial charge in [0, 0.05) is 49.8 Å². The smallest absolute Gasteiger partial charge is 0.276 e. The average molecular weight is 438 g/mol. The van der Waals surface area contributed by atoms with Gasteiger partial charge in [0.2, 0.25) is 0 Å². The maximum atomic E-state index is 13.4. The standard InChI is InChI=1S/C23H23N5O2.ClH/c29-23-22-16(4-3-5-19(22)27-13-17-8-11-30-20(17)15-27)12-24-28(23)10-7-18-14-26-9-2-1-6-21(26)25-18;/h1-6,9,12,14,17,20H,7-8,10-11,13,15H2;1H. The molecule has 6 rings (SSSR count). The van der Waals surface area contributed by atoms with Crippen LogP contribution in [0.3, 0.4) is 0 Å². The fraction of sp³-hybridized carbons (Fsp3) is 0.348. The van der Waals surface area contributed by atoms with E-state index >= 15 is 0 Å². The molecular weight excluding hydrogens is 414 g/mol. The molecule has 0 N–H and O–H groups in total. The van der Waals surface area contributed by atoms with Crippen LogP contribution < -0.4 is 10.5 Å². The van der Waals surface area contributed by atoms with Crippen LogP contribution in [-0.2, 0) is 17.7 Å². The van der Waals surface area contributed by atoms with Crippen molar-refractivity contribution in [1.82, 2.24) is 19.2 Å². The molecule has 2 fully saturated rings. The van der Waals surface area contributed by atoms with Gasteiger partial charge in [0.15, 0.2) is 0 Å². The molecule has 3 aromatic heterocycles. The quantitative estimate of drug-likeness (QED) is 0.491. The highest BCUT2D eigenvalue weighted by Gasteiger charge is 2.38. The minimum absolute atomic E-state index is 0. The van der Waals surface area contributed by atoms with Gasteiger partial charge >= 0.3 is 0 Å². The van der Waals surface area contributed by atoms with Crippen molar-refractivity contribution in [3.05, 3.63) is 71.0 Å². The van der Waals surface area contributed by atoms with E-state index in [0.29, 0.717) is 25.0 Å². The molecule has 1 aromatic carbocycles. The number of pyridine rings is 1. The fourth-order valence-corrected chi connectivity index (χ4v) is 4.84. The van der Waals surface area contributed by atoms with Gasteiger partial charge in [0.05, 0.1) is 35.6 Å². The van der Waals surface area contributed by atoms with Crippen molar-refractivity contribution in [3.63, 3.8) is 0 Å². The van der Waals surface area contributed by atoms with E-state index in [1.54, 1.807) is 10.9 Å². The number of aromatic nitrogens is 4. The number of imidazole rings is 1. The number of ether oxygens (including phenoxy) is 1. The molecule has 4 aromatic rings. The first kappa shape index (κ1) is 20.0. The Balaban J connectivity index is 0.00000204. The first-order chi connectivity index (χ1) is 14.8. The van der Waals surface area contributed by atoms with Crippen molar-refractivity contribution in [2.75, 3.05) is 24.6 Å². The third-order valence-corrected chi connectivity index (χ3v) is 6.40. The first-order valence-electron chi connectivity index (χ1n) is 10.5. The zero-order chi connectivity index (χ0) is 20.1. The van der Waals surface area contributed by atoms with Gasteiger partial charge in [-0.25, -0.2) is 9.67 Å². The summed E-state index contributed by atoms with van der Waals surface area (Å²) in [5.41, 5.74) is 2.83. The number of hydrogen-bond acceptors (Lipinski definition) is 5. The number of nitrogens with zero attached hydrogens (tertiary/aromatic N) is 5. The van der Waals surface area contributed by atoms with E-state index in [0.717, 1.165) is 53.9 Å². The molecule has 0 spiro atoms. The molecule has 2 aliphatic heterocycles. The highest BCUT2D eigenvalue weighted by molar-refractivity contribution is 5.93. The van der Waals surface area contributed by atoms with E-state index in [2.05, 4.69) is 21.0 Å². The lowest BCUT2D eigenvalue weighted by molar-refractivity contribution is 0.114. The number of anilines is 1. The second-order valence-corrected chi connectivity index (χ2v) is 8.23. The fourth-order valence-electron chi connectivity index (χ4n) is 4.84. The van der Waals surface area contributed by atoms with Gasteiger partial charge in [0.1, 0.15) is 5.65 Å². The van der Waals surface area contributed by atoms with Crippen LogP contribution in [0.2, 0.25) is 0 Å². The number of hydrogen-bond donors (Lipinski definition) is 0. The molecule has 0 saturated carbocycles. The van der Waals surface area contributed by atoms with Crippen molar-refractivity contribution in [2.45, 2.75) is 25.5 Å². The molecule has 0 bridgehead atoms. The van der Waals surface area contributed by atoms with Gasteiger partial charge in [0.25, 0.3) is 5.56 Å². The van der Waals surface area contributed by atoms with E-state index in [9.17, 15) is 4.79 Å². The van der Waals surface area contributed by atoms with Crippen LogP contribution in [0.4, 0.5) is 5.69 Å². The molecule has 5 heterocycles. The molecule has 31 heavy (non-hydrogen) atoms. The van der Waals surface area contributed by atoms with Crippen molar-refractivity contribution < 1.29 is 4.74 Å². The average Bonchev–Trinajstić information content (AvgIpc) is 3.47. The highest BCUT2D eigenvalue weighted by Crippen LogP contribution is 2.34. The van der Waals surface area contributed by atoms with Crippen molar-refractivity contribution in [3.8, 4) is 0 Å². The largest absolute Gasteiger partial charge is 0.376 e. The van der Waals surface area contributed by atoms with E-state index in [1.165, 1.54) is 0 Å². The second-order valence-electron chi connectivity index (χ2n) is 8.23. The number of fused-ring (bicyclic) bond motifs is 3. The predicted octanol–water partition coefficient (Wildman–Crippen LogP) is 2.93. The Hall–Kier alpha value is -2.90. The van der Waals surface area contributed by atoms with Crippen molar-refractivity contribution >= 4 is 34.5 Å². The third kappa shape index (κ3) is 3.47. The number of benzene rings is 1. The summed E-state index contributed by atoms with van der Waals surface area (Å²) in [5.74, 6) is 0.569. The topological polar surface area (TPSA) is 64.7 Å². The molecule has 8 heteroatoms. The minimum atomic E-state index is -0.0372. The van der Waals surface area contributed by atoms with Crippen LogP contribution in [0.15, 0.2) is 59.8 Å². The second kappa shape index (κ2) is 7.98. The Morgan fingerprint density at radius 2 is 2.06 bits per heavy atom. The molecular formula is C23H24ClN5O2. The van der Waals surface area contributed by atoms with Crippen LogP contribution in [0.25, 0.3) is 16.4 Å². The Labute approximate surface area is 185 Å². The summed E-state index contributed by atoms with van der Waals surface area (Å²) in [7, 11) is 0. The summed E-state index contributed by atoms with van der Waals surface area (Å²) >= 11 is 0. The van der Waals surface area contributed by atoms with Crippen LogP contribution >= 0.6 is 12.4 Å². The zero-order valence-corrected chi connectivity index (χ0v) is 17.9. The summed E-state index contributed by atoms with van der Waals surface area (Å²) in [6.45, 7) is 3.17. The molecule has 2 saturated heterocycles. The molecule has 7 nitrogen and oxygen atoms in total. The summed E-state index contributed by atoms with van der Waals surface area (Å²) in [6, 6.07) is 12.0.